The van der Waals surface area contributed by atoms with E-state index < -0.39 is 0 Å². The monoisotopic (exact) mass is 282 g/mol. The number of carbonyl (C=O) groups is 1. The van der Waals surface area contributed by atoms with Gasteiger partial charge in [0.25, 0.3) is 0 Å². The van der Waals surface area contributed by atoms with Crippen molar-refractivity contribution in [3.8, 4) is 0 Å². The lowest BCUT2D eigenvalue weighted by Gasteiger charge is -2.11. The number of hydrogen-bond acceptors (Lipinski definition) is 5. The summed E-state index contributed by atoms with van der Waals surface area (Å²) >= 11 is 3.05. The van der Waals surface area contributed by atoms with Crippen LogP contribution in [-0.2, 0) is 11.3 Å². The zero-order valence-electron chi connectivity index (χ0n) is 9.78. The average Bonchev–Trinajstić information content (AvgIpc) is 2.95. The summed E-state index contributed by atoms with van der Waals surface area (Å²) in [5.41, 5.74) is 5.14. The topological polar surface area (TPSA) is 73.8 Å². The fourth-order valence-electron chi connectivity index (χ4n) is 1.63. The summed E-state index contributed by atoms with van der Waals surface area (Å²) < 4.78 is 1.99. The Hall–Kier alpha value is -1.21. The molecule has 0 spiro atoms. The van der Waals surface area contributed by atoms with E-state index in [1.54, 1.807) is 17.8 Å². The van der Waals surface area contributed by atoms with Gasteiger partial charge in [0.2, 0.25) is 5.91 Å². The summed E-state index contributed by atoms with van der Waals surface area (Å²) in [7, 11) is 0. The fourth-order valence-corrected chi connectivity index (χ4v) is 3.26. The molecule has 0 aliphatic carbocycles. The Morgan fingerprint density at radius 3 is 3.17 bits per heavy atom. The number of allylic oxidation sites excluding steroid dienone is 2. The number of hydrogen-bond donors (Lipinski definition) is 1. The minimum atomic E-state index is -0.355. The SMILES string of the molecule is C=CCn1c(SCC(N)=O)nnc1C1CC=CS1. The number of rotatable bonds is 6. The van der Waals surface area contributed by atoms with Gasteiger partial charge in [-0.3, -0.25) is 4.79 Å². The van der Waals surface area contributed by atoms with Crippen molar-refractivity contribution in [1.82, 2.24) is 14.8 Å². The third-order valence-corrected chi connectivity index (χ3v) is 4.45. The highest BCUT2D eigenvalue weighted by Crippen LogP contribution is 2.38. The fraction of sp³-hybridized carbons (Fsp3) is 0.364. The number of nitrogens with zero attached hydrogens (tertiary/aromatic N) is 3. The van der Waals surface area contributed by atoms with Gasteiger partial charge in [0.15, 0.2) is 5.16 Å². The smallest absolute Gasteiger partial charge is 0.227 e. The number of amides is 1. The number of aromatic nitrogens is 3. The van der Waals surface area contributed by atoms with Crippen LogP contribution >= 0.6 is 23.5 Å². The quantitative estimate of drug-likeness (QED) is 0.635. The van der Waals surface area contributed by atoms with E-state index in [4.69, 9.17) is 5.73 Å². The van der Waals surface area contributed by atoms with Crippen LogP contribution < -0.4 is 5.73 Å². The molecule has 18 heavy (non-hydrogen) atoms. The molecule has 1 aromatic heterocycles. The maximum atomic E-state index is 10.8. The lowest BCUT2D eigenvalue weighted by molar-refractivity contribution is -0.115. The van der Waals surface area contributed by atoms with E-state index in [-0.39, 0.29) is 11.7 Å². The summed E-state index contributed by atoms with van der Waals surface area (Å²) in [4.78, 5) is 10.8. The van der Waals surface area contributed by atoms with E-state index in [0.29, 0.717) is 11.8 Å². The minimum absolute atomic E-state index is 0.214. The van der Waals surface area contributed by atoms with Gasteiger partial charge in [0, 0.05) is 6.54 Å². The first-order chi connectivity index (χ1) is 8.72. The molecule has 2 rings (SSSR count). The van der Waals surface area contributed by atoms with Gasteiger partial charge in [0.05, 0.1) is 11.0 Å². The van der Waals surface area contributed by atoms with Crippen LogP contribution in [-0.4, -0.2) is 26.4 Å². The maximum Gasteiger partial charge on any atom is 0.227 e. The van der Waals surface area contributed by atoms with Crippen molar-refractivity contribution in [3.63, 3.8) is 0 Å². The van der Waals surface area contributed by atoms with Crippen molar-refractivity contribution < 1.29 is 4.79 Å². The molecule has 5 nitrogen and oxygen atoms in total. The van der Waals surface area contributed by atoms with E-state index in [2.05, 4.69) is 28.3 Å². The zero-order valence-corrected chi connectivity index (χ0v) is 11.4. The zero-order chi connectivity index (χ0) is 13.0. The van der Waals surface area contributed by atoms with E-state index in [9.17, 15) is 4.79 Å². The lowest BCUT2D eigenvalue weighted by atomic mass is 10.3. The van der Waals surface area contributed by atoms with Crippen molar-refractivity contribution in [3.05, 3.63) is 30.0 Å². The third kappa shape index (κ3) is 2.97. The molecule has 2 N–H and O–H groups in total. The summed E-state index contributed by atoms with van der Waals surface area (Å²) in [5, 5.41) is 11.5. The highest BCUT2D eigenvalue weighted by atomic mass is 32.2. The molecule has 96 valence electrons. The minimum Gasteiger partial charge on any atom is -0.369 e. The molecule has 1 amide bonds. The molecule has 1 aromatic rings. The molecule has 0 radical (unpaired) electrons. The molecular weight excluding hydrogens is 268 g/mol. The van der Waals surface area contributed by atoms with Crippen molar-refractivity contribution >= 4 is 29.4 Å². The van der Waals surface area contributed by atoms with Crippen LogP contribution in [0.25, 0.3) is 0 Å². The first-order valence-corrected chi connectivity index (χ1v) is 7.40. The van der Waals surface area contributed by atoms with E-state index >= 15 is 0 Å². The molecule has 0 saturated heterocycles. The number of thioether (sulfide) groups is 2. The number of nitrogens with two attached hydrogens (primary N) is 1. The first-order valence-electron chi connectivity index (χ1n) is 5.48. The molecule has 0 saturated carbocycles. The normalized spacial score (nSPS) is 18.1. The lowest BCUT2D eigenvalue weighted by Crippen LogP contribution is -2.14. The van der Waals surface area contributed by atoms with Crippen LogP contribution in [0, 0.1) is 0 Å². The first kappa shape index (κ1) is 13.2. The van der Waals surface area contributed by atoms with Crippen molar-refractivity contribution in [2.24, 2.45) is 5.73 Å². The van der Waals surface area contributed by atoms with Gasteiger partial charge < -0.3 is 10.3 Å². The number of primary amides is 1. The van der Waals surface area contributed by atoms with E-state index in [1.807, 2.05) is 4.57 Å². The predicted molar refractivity (Wildman–Crippen MR) is 74.2 cm³/mol. The van der Waals surface area contributed by atoms with Crippen LogP contribution in [0.5, 0.6) is 0 Å². The van der Waals surface area contributed by atoms with Gasteiger partial charge in [-0.1, -0.05) is 23.9 Å². The van der Waals surface area contributed by atoms with Gasteiger partial charge in [-0.05, 0) is 11.8 Å². The molecule has 0 bridgehead atoms. The van der Waals surface area contributed by atoms with Crippen molar-refractivity contribution in [1.29, 1.82) is 0 Å². The second-order valence-electron chi connectivity index (χ2n) is 3.73. The Balaban J connectivity index is 2.18. The average molecular weight is 282 g/mol. The predicted octanol–water partition coefficient (Wildman–Crippen LogP) is 1.73. The largest absolute Gasteiger partial charge is 0.369 e. The van der Waals surface area contributed by atoms with Gasteiger partial charge >= 0.3 is 0 Å². The second kappa shape index (κ2) is 6.10. The van der Waals surface area contributed by atoms with Crippen LogP contribution in [0.2, 0.25) is 0 Å². The van der Waals surface area contributed by atoms with Gasteiger partial charge in [-0.25, -0.2) is 0 Å². The van der Waals surface area contributed by atoms with Gasteiger partial charge in [-0.2, -0.15) is 0 Å². The van der Waals surface area contributed by atoms with Crippen molar-refractivity contribution in [2.75, 3.05) is 5.75 Å². The second-order valence-corrected chi connectivity index (χ2v) is 5.78. The Bertz CT molecular complexity index is 475. The van der Waals surface area contributed by atoms with Gasteiger partial charge in [0.1, 0.15) is 5.82 Å². The Morgan fingerprint density at radius 1 is 1.72 bits per heavy atom. The summed E-state index contributed by atoms with van der Waals surface area (Å²) in [6.45, 7) is 4.38. The Labute approximate surface area is 114 Å². The molecule has 7 heteroatoms. The van der Waals surface area contributed by atoms with Gasteiger partial charge in [-0.15, -0.1) is 28.5 Å². The third-order valence-electron chi connectivity index (χ3n) is 2.38. The molecule has 0 fully saturated rings. The maximum absolute atomic E-state index is 10.8. The Morgan fingerprint density at radius 2 is 2.56 bits per heavy atom. The Kier molecular flexibility index (Phi) is 4.48. The molecule has 0 aromatic carbocycles. The van der Waals surface area contributed by atoms with Crippen LogP contribution in [0.3, 0.4) is 0 Å². The highest BCUT2D eigenvalue weighted by Gasteiger charge is 2.22. The molecule has 2 heterocycles. The molecule has 1 atom stereocenters. The van der Waals surface area contributed by atoms with E-state index in [0.717, 1.165) is 17.4 Å². The molecule has 1 unspecified atom stereocenters. The van der Waals surface area contributed by atoms with Crippen LogP contribution in [0.4, 0.5) is 0 Å². The van der Waals surface area contributed by atoms with E-state index in [1.165, 1.54) is 11.8 Å². The summed E-state index contributed by atoms with van der Waals surface area (Å²) in [6, 6.07) is 0. The van der Waals surface area contributed by atoms with Crippen molar-refractivity contribution in [2.45, 2.75) is 23.4 Å². The summed E-state index contributed by atoms with van der Waals surface area (Å²) in [6.07, 6.45) is 4.88. The molecular formula is C11H14N4OS2. The number of carbonyl (C=O) groups excluding carboxylic acids is 1. The standard InChI is InChI=1S/C11H14N4OS2/c1-2-5-15-10(8-4-3-6-17-8)13-14-11(15)18-7-9(12)16/h2-3,6,8H,1,4-5,7H2,(H2,12,16). The van der Waals surface area contributed by atoms with Crippen LogP contribution in [0.15, 0.2) is 29.3 Å². The van der Waals surface area contributed by atoms with Crippen LogP contribution in [0.1, 0.15) is 17.5 Å². The molecule has 1 aliphatic heterocycles. The highest BCUT2D eigenvalue weighted by molar-refractivity contribution is 8.02. The molecule has 1 aliphatic rings. The summed E-state index contributed by atoms with van der Waals surface area (Å²) in [5.74, 6) is 0.786.